The first-order valence-electron chi connectivity index (χ1n) is 5.47. The largest absolute Gasteiger partial charge is 0.366 e. The SMILES string of the molecule is Cc1cc(NC(C)CS(C)(=O)=O)n2ncnc2n1. The minimum Gasteiger partial charge on any atom is -0.366 e. The van der Waals surface area contributed by atoms with Gasteiger partial charge >= 0.3 is 0 Å². The summed E-state index contributed by atoms with van der Waals surface area (Å²) in [5.41, 5.74) is 0.796. The minimum atomic E-state index is -3.02. The molecule has 98 valence electrons. The average Bonchev–Trinajstić information content (AvgIpc) is 2.61. The summed E-state index contributed by atoms with van der Waals surface area (Å²) in [5.74, 6) is 1.24. The van der Waals surface area contributed by atoms with E-state index in [2.05, 4.69) is 20.4 Å². The van der Waals surface area contributed by atoms with Crippen molar-refractivity contribution < 1.29 is 8.42 Å². The van der Waals surface area contributed by atoms with Crippen LogP contribution in [0.15, 0.2) is 12.4 Å². The van der Waals surface area contributed by atoms with Crippen LogP contribution < -0.4 is 5.32 Å². The molecule has 0 aliphatic heterocycles. The van der Waals surface area contributed by atoms with E-state index in [1.165, 1.54) is 12.6 Å². The van der Waals surface area contributed by atoms with Gasteiger partial charge in [0.15, 0.2) is 0 Å². The molecule has 7 nitrogen and oxygen atoms in total. The number of nitrogens with zero attached hydrogens (tertiary/aromatic N) is 4. The Morgan fingerprint density at radius 3 is 2.89 bits per heavy atom. The molecule has 2 heterocycles. The molecule has 2 rings (SSSR count). The summed E-state index contributed by atoms with van der Waals surface area (Å²) in [6.07, 6.45) is 2.63. The molecule has 0 saturated heterocycles. The molecule has 0 aliphatic rings. The predicted molar refractivity (Wildman–Crippen MR) is 68.3 cm³/mol. The van der Waals surface area contributed by atoms with Crippen molar-refractivity contribution in [1.82, 2.24) is 19.6 Å². The molecule has 0 saturated carbocycles. The highest BCUT2D eigenvalue weighted by atomic mass is 32.2. The molecule has 0 amide bonds. The van der Waals surface area contributed by atoms with Crippen molar-refractivity contribution in [2.45, 2.75) is 19.9 Å². The first-order chi connectivity index (χ1) is 8.35. The monoisotopic (exact) mass is 269 g/mol. The predicted octanol–water partition coefficient (Wildman–Crippen LogP) is 0.278. The molecule has 0 bridgehead atoms. The zero-order valence-electron chi connectivity index (χ0n) is 10.5. The number of aryl methyl sites for hydroxylation is 1. The summed E-state index contributed by atoms with van der Waals surface area (Å²) in [6, 6.07) is 1.59. The normalized spacial score (nSPS) is 13.7. The third kappa shape index (κ3) is 2.95. The van der Waals surface area contributed by atoms with E-state index in [-0.39, 0.29) is 11.8 Å². The number of hydrogen-bond acceptors (Lipinski definition) is 6. The lowest BCUT2D eigenvalue weighted by Gasteiger charge is -2.14. The van der Waals surface area contributed by atoms with Crippen LogP contribution in [0.5, 0.6) is 0 Å². The van der Waals surface area contributed by atoms with Crippen LogP contribution in [0.2, 0.25) is 0 Å². The van der Waals surface area contributed by atoms with Gasteiger partial charge < -0.3 is 5.32 Å². The van der Waals surface area contributed by atoms with Gasteiger partial charge in [0.2, 0.25) is 0 Å². The molecule has 1 N–H and O–H groups in total. The first kappa shape index (κ1) is 12.7. The highest BCUT2D eigenvalue weighted by molar-refractivity contribution is 7.90. The van der Waals surface area contributed by atoms with Crippen molar-refractivity contribution in [2.75, 3.05) is 17.3 Å². The van der Waals surface area contributed by atoms with Gasteiger partial charge in [0.1, 0.15) is 22.0 Å². The van der Waals surface area contributed by atoms with Gasteiger partial charge in [-0.2, -0.15) is 14.6 Å². The van der Waals surface area contributed by atoms with E-state index in [1.54, 1.807) is 17.5 Å². The molecular formula is C10H15N5O2S. The number of nitrogens with one attached hydrogen (secondary N) is 1. The van der Waals surface area contributed by atoms with Gasteiger partial charge in [-0.25, -0.2) is 13.4 Å². The van der Waals surface area contributed by atoms with Crippen LogP contribution in [-0.2, 0) is 9.84 Å². The minimum absolute atomic E-state index is 0.0601. The Hall–Kier alpha value is -1.70. The van der Waals surface area contributed by atoms with E-state index >= 15 is 0 Å². The molecule has 0 aliphatic carbocycles. The lowest BCUT2D eigenvalue weighted by Crippen LogP contribution is -2.26. The zero-order chi connectivity index (χ0) is 13.3. The second kappa shape index (κ2) is 4.52. The molecule has 0 aromatic carbocycles. The molecule has 8 heteroatoms. The Balaban J connectivity index is 2.28. The van der Waals surface area contributed by atoms with Crippen LogP contribution >= 0.6 is 0 Å². The Kier molecular flexibility index (Phi) is 3.20. The summed E-state index contributed by atoms with van der Waals surface area (Å²) in [7, 11) is -3.02. The van der Waals surface area contributed by atoms with E-state index in [4.69, 9.17) is 0 Å². The van der Waals surface area contributed by atoms with Crippen LogP contribution in [0.1, 0.15) is 12.6 Å². The second-order valence-corrected chi connectivity index (χ2v) is 6.58. The Labute approximate surface area is 105 Å². The summed E-state index contributed by atoms with van der Waals surface area (Å²) in [5, 5.41) is 7.15. The van der Waals surface area contributed by atoms with E-state index in [1.807, 2.05) is 6.92 Å². The lowest BCUT2D eigenvalue weighted by molar-refractivity contribution is 0.597. The Morgan fingerprint density at radius 2 is 2.22 bits per heavy atom. The summed E-state index contributed by atoms with van der Waals surface area (Å²) < 4.78 is 24.0. The molecule has 18 heavy (non-hydrogen) atoms. The fraction of sp³-hybridized carbons (Fsp3) is 0.500. The maximum Gasteiger partial charge on any atom is 0.254 e. The third-order valence-electron chi connectivity index (χ3n) is 2.33. The fourth-order valence-corrected chi connectivity index (χ4v) is 2.77. The molecule has 2 aromatic rings. The van der Waals surface area contributed by atoms with Crippen LogP contribution in [0, 0.1) is 6.92 Å². The van der Waals surface area contributed by atoms with Gasteiger partial charge in [-0.15, -0.1) is 0 Å². The molecule has 2 aromatic heterocycles. The molecule has 0 spiro atoms. The quantitative estimate of drug-likeness (QED) is 0.857. The van der Waals surface area contributed by atoms with Crippen molar-refractivity contribution in [3.05, 3.63) is 18.1 Å². The number of anilines is 1. The van der Waals surface area contributed by atoms with E-state index in [0.29, 0.717) is 11.6 Å². The standard InChI is InChI=1S/C10H15N5O2S/c1-7-4-9(13-8(2)5-18(3,16)17)15-10(14-7)11-6-12-15/h4,6,8,13H,5H2,1-3H3. The van der Waals surface area contributed by atoms with Gasteiger partial charge in [-0.3, -0.25) is 0 Å². The highest BCUT2D eigenvalue weighted by Gasteiger charge is 2.13. The zero-order valence-corrected chi connectivity index (χ0v) is 11.3. The molecule has 1 atom stereocenters. The number of hydrogen-bond donors (Lipinski definition) is 1. The molecular weight excluding hydrogens is 254 g/mol. The third-order valence-corrected chi connectivity index (χ3v) is 3.43. The topological polar surface area (TPSA) is 89.2 Å². The van der Waals surface area contributed by atoms with Gasteiger partial charge in [0, 0.05) is 24.1 Å². The van der Waals surface area contributed by atoms with Crippen LogP contribution in [0.3, 0.4) is 0 Å². The van der Waals surface area contributed by atoms with Gasteiger partial charge in [-0.1, -0.05) is 0 Å². The fourth-order valence-electron chi connectivity index (χ4n) is 1.78. The van der Waals surface area contributed by atoms with Gasteiger partial charge in [-0.05, 0) is 13.8 Å². The summed E-state index contributed by atoms with van der Waals surface area (Å²) in [6.45, 7) is 3.65. The number of aromatic nitrogens is 4. The van der Waals surface area contributed by atoms with Crippen LogP contribution in [0.25, 0.3) is 5.78 Å². The first-order valence-corrected chi connectivity index (χ1v) is 7.53. The van der Waals surface area contributed by atoms with Crippen molar-refractivity contribution in [2.24, 2.45) is 0 Å². The van der Waals surface area contributed by atoms with Crippen molar-refractivity contribution >= 4 is 21.4 Å². The van der Waals surface area contributed by atoms with Gasteiger partial charge in [0.25, 0.3) is 5.78 Å². The lowest BCUT2D eigenvalue weighted by atomic mass is 10.3. The Bertz CT molecular complexity index is 664. The Morgan fingerprint density at radius 1 is 1.50 bits per heavy atom. The van der Waals surface area contributed by atoms with E-state index in [9.17, 15) is 8.42 Å². The highest BCUT2D eigenvalue weighted by Crippen LogP contribution is 2.11. The molecule has 1 unspecified atom stereocenters. The van der Waals surface area contributed by atoms with E-state index < -0.39 is 9.84 Å². The molecule has 0 radical (unpaired) electrons. The van der Waals surface area contributed by atoms with Gasteiger partial charge in [0.05, 0.1) is 5.75 Å². The van der Waals surface area contributed by atoms with Crippen LogP contribution in [-0.4, -0.2) is 46.1 Å². The number of fused-ring (bicyclic) bond motifs is 1. The van der Waals surface area contributed by atoms with E-state index in [0.717, 1.165) is 5.69 Å². The van der Waals surface area contributed by atoms with Crippen molar-refractivity contribution in [1.29, 1.82) is 0 Å². The maximum atomic E-state index is 11.2. The summed E-state index contributed by atoms with van der Waals surface area (Å²) >= 11 is 0. The van der Waals surface area contributed by atoms with Crippen molar-refractivity contribution in [3.8, 4) is 0 Å². The second-order valence-electron chi connectivity index (χ2n) is 4.39. The number of rotatable bonds is 4. The van der Waals surface area contributed by atoms with Crippen LogP contribution in [0.4, 0.5) is 5.82 Å². The average molecular weight is 269 g/mol. The number of sulfone groups is 1. The summed E-state index contributed by atoms with van der Waals surface area (Å²) in [4.78, 5) is 8.21. The molecule has 0 fully saturated rings. The van der Waals surface area contributed by atoms with Crippen molar-refractivity contribution in [3.63, 3.8) is 0 Å². The maximum absolute atomic E-state index is 11.2. The smallest absolute Gasteiger partial charge is 0.254 e.